The maximum Gasteiger partial charge on any atom is 0.158 e. The third kappa shape index (κ3) is 2.11. The van der Waals surface area contributed by atoms with Gasteiger partial charge in [-0.05, 0) is 22.8 Å². The second-order valence-electron chi connectivity index (χ2n) is 4.06. The van der Waals surface area contributed by atoms with Crippen LogP contribution in [0.25, 0.3) is 27.4 Å². The summed E-state index contributed by atoms with van der Waals surface area (Å²) in [4.78, 5) is 2.87. The molecular weight excluding hydrogens is 252 g/mol. The first-order valence-corrected chi connectivity index (χ1v) is 6.02. The van der Waals surface area contributed by atoms with Crippen LogP contribution in [0.15, 0.2) is 65.8 Å². The first kappa shape index (κ1) is 12.0. The van der Waals surface area contributed by atoms with Crippen molar-refractivity contribution in [2.24, 2.45) is 5.11 Å². The lowest BCUT2D eigenvalue weighted by Gasteiger charge is -2.02. The molecule has 0 unspecified atom stereocenters. The van der Waals surface area contributed by atoms with Crippen molar-refractivity contribution in [2.75, 3.05) is 0 Å². The Labute approximate surface area is 114 Å². The van der Waals surface area contributed by atoms with E-state index in [-0.39, 0.29) is 0 Å². The van der Waals surface area contributed by atoms with Gasteiger partial charge in [0.2, 0.25) is 0 Å². The van der Waals surface area contributed by atoms with Gasteiger partial charge in [0.05, 0.1) is 5.69 Å². The summed E-state index contributed by atoms with van der Waals surface area (Å²) in [5.41, 5.74) is 11.0. The summed E-state index contributed by atoms with van der Waals surface area (Å²) in [7, 11) is 0. The first-order chi connectivity index (χ1) is 9.90. The lowest BCUT2D eigenvalue weighted by molar-refractivity contribution is 0.804. The second kappa shape index (κ2) is 5.26. The van der Waals surface area contributed by atoms with Gasteiger partial charge in [-0.2, -0.15) is 0 Å². The Balaban J connectivity index is 2.19. The average Bonchev–Trinajstić information content (AvgIpc) is 2.93. The third-order valence-electron chi connectivity index (χ3n) is 2.83. The van der Waals surface area contributed by atoms with Gasteiger partial charge in [0.25, 0.3) is 0 Å². The number of benzene rings is 2. The Morgan fingerprint density at radius 1 is 0.950 bits per heavy atom. The van der Waals surface area contributed by atoms with Crippen LogP contribution in [0.4, 0.5) is 5.82 Å². The highest BCUT2D eigenvalue weighted by molar-refractivity contribution is 5.70. The summed E-state index contributed by atoms with van der Waals surface area (Å²) in [5, 5.41) is 12.0. The zero-order valence-corrected chi connectivity index (χ0v) is 10.5. The SMILES string of the molecule is [N-]=[N+]=Nc1c(-c2ccccc2)nnn1-c1ccccc1. The molecule has 0 aliphatic rings. The molecule has 0 spiro atoms. The minimum atomic E-state index is 0.380. The molecule has 0 atom stereocenters. The zero-order chi connectivity index (χ0) is 13.8. The van der Waals surface area contributed by atoms with Crippen LogP contribution in [0, 0.1) is 0 Å². The summed E-state index contributed by atoms with van der Waals surface area (Å²) in [6.07, 6.45) is 0. The molecule has 96 valence electrons. The minimum Gasteiger partial charge on any atom is -0.210 e. The van der Waals surface area contributed by atoms with Gasteiger partial charge in [-0.15, -0.1) is 5.10 Å². The van der Waals surface area contributed by atoms with Crippen LogP contribution >= 0.6 is 0 Å². The van der Waals surface area contributed by atoms with Crippen LogP contribution < -0.4 is 0 Å². The molecule has 0 aliphatic heterocycles. The highest BCUT2D eigenvalue weighted by Gasteiger charge is 2.14. The number of rotatable bonds is 3. The van der Waals surface area contributed by atoms with E-state index in [1.54, 1.807) is 0 Å². The molecule has 0 saturated heterocycles. The first-order valence-electron chi connectivity index (χ1n) is 6.02. The van der Waals surface area contributed by atoms with E-state index < -0.39 is 0 Å². The lowest BCUT2D eigenvalue weighted by atomic mass is 10.1. The van der Waals surface area contributed by atoms with Crippen LogP contribution in [-0.4, -0.2) is 15.0 Å². The molecule has 0 saturated carbocycles. The highest BCUT2D eigenvalue weighted by Crippen LogP contribution is 2.29. The topological polar surface area (TPSA) is 79.5 Å². The maximum atomic E-state index is 8.77. The number of azide groups is 1. The largest absolute Gasteiger partial charge is 0.210 e. The van der Waals surface area contributed by atoms with E-state index in [0.717, 1.165) is 11.3 Å². The van der Waals surface area contributed by atoms with Gasteiger partial charge in [0.15, 0.2) is 5.82 Å². The number of para-hydroxylation sites is 1. The zero-order valence-electron chi connectivity index (χ0n) is 10.5. The van der Waals surface area contributed by atoms with E-state index in [9.17, 15) is 0 Å². The molecule has 0 radical (unpaired) electrons. The van der Waals surface area contributed by atoms with Gasteiger partial charge in [-0.3, -0.25) is 0 Å². The molecule has 3 rings (SSSR count). The molecule has 0 N–H and O–H groups in total. The Hall–Kier alpha value is -3.11. The van der Waals surface area contributed by atoms with E-state index in [2.05, 4.69) is 20.3 Å². The minimum absolute atomic E-state index is 0.380. The molecule has 0 bridgehead atoms. The fourth-order valence-electron chi connectivity index (χ4n) is 1.93. The molecule has 20 heavy (non-hydrogen) atoms. The summed E-state index contributed by atoms with van der Waals surface area (Å²) in [6.45, 7) is 0. The van der Waals surface area contributed by atoms with Crippen molar-refractivity contribution < 1.29 is 0 Å². The van der Waals surface area contributed by atoms with E-state index in [1.165, 1.54) is 4.68 Å². The monoisotopic (exact) mass is 262 g/mol. The molecule has 0 fully saturated rings. The maximum absolute atomic E-state index is 8.77. The van der Waals surface area contributed by atoms with E-state index in [0.29, 0.717) is 11.5 Å². The molecule has 0 amide bonds. The fraction of sp³-hybridized carbons (Fsp3) is 0. The van der Waals surface area contributed by atoms with Gasteiger partial charge in [-0.25, -0.2) is 4.68 Å². The van der Waals surface area contributed by atoms with E-state index >= 15 is 0 Å². The van der Waals surface area contributed by atoms with E-state index in [1.807, 2.05) is 60.7 Å². The van der Waals surface area contributed by atoms with Crippen LogP contribution in [0.5, 0.6) is 0 Å². The molecule has 6 nitrogen and oxygen atoms in total. The Morgan fingerprint density at radius 3 is 2.25 bits per heavy atom. The van der Waals surface area contributed by atoms with Crippen molar-refractivity contribution in [3.05, 3.63) is 71.1 Å². The molecule has 6 heteroatoms. The molecule has 1 heterocycles. The van der Waals surface area contributed by atoms with Gasteiger partial charge >= 0.3 is 0 Å². The molecule has 1 aromatic heterocycles. The predicted molar refractivity (Wildman–Crippen MR) is 75.6 cm³/mol. The van der Waals surface area contributed by atoms with Gasteiger partial charge in [0.1, 0.15) is 5.69 Å². The van der Waals surface area contributed by atoms with Crippen molar-refractivity contribution in [3.63, 3.8) is 0 Å². The summed E-state index contributed by atoms with van der Waals surface area (Å²) < 4.78 is 1.53. The lowest BCUT2D eigenvalue weighted by Crippen LogP contribution is -1.95. The average molecular weight is 262 g/mol. The van der Waals surface area contributed by atoms with Crippen LogP contribution in [0.3, 0.4) is 0 Å². The van der Waals surface area contributed by atoms with Gasteiger partial charge < -0.3 is 0 Å². The summed E-state index contributed by atoms with van der Waals surface area (Å²) in [6, 6.07) is 18.9. The Morgan fingerprint density at radius 2 is 1.60 bits per heavy atom. The van der Waals surface area contributed by atoms with Crippen molar-refractivity contribution in [2.45, 2.75) is 0 Å². The van der Waals surface area contributed by atoms with Gasteiger partial charge in [-0.1, -0.05) is 53.7 Å². The smallest absolute Gasteiger partial charge is 0.158 e. The predicted octanol–water partition coefficient (Wildman–Crippen LogP) is 3.88. The number of nitrogens with zero attached hydrogens (tertiary/aromatic N) is 6. The van der Waals surface area contributed by atoms with Crippen molar-refractivity contribution in [3.8, 4) is 16.9 Å². The van der Waals surface area contributed by atoms with Gasteiger partial charge in [0, 0.05) is 10.5 Å². The number of aromatic nitrogens is 3. The fourth-order valence-corrected chi connectivity index (χ4v) is 1.93. The normalized spacial score (nSPS) is 10.0. The Kier molecular flexibility index (Phi) is 3.14. The highest BCUT2D eigenvalue weighted by atomic mass is 15.5. The second-order valence-corrected chi connectivity index (χ2v) is 4.06. The number of hydrogen-bond acceptors (Lipinski definition) is 3. The van der Waals surface area contributed by atoms with Crippen LogP contribution in [-0.2, 0) is 0 Å². The van der Waals surface area contributed by atoms with E-state index in [4.69, 9.17) is 5.53 Å². The quantitative estimate of drug-likeness (QED) is 0.408. The Bertz CT molecular complexity index is 700. The third-order valence-corrected chi connectivity index (χ3v) is 2.83. The molecule has 3 aromatic rings. The van der Waals surface area contributed by atoms with Crippen LogP contribution in [0.1, 0.15) is 0 Å². The summed E-state index contributed by atoms with van der Waals surface area (Å²) >= 11 is 0. The molecule has 2 aromatic carbocycles. The van der Waals surface area contributed by atoms with Crippen LogP contribution in [0.2, 0.25) is 0 Å². The van der Waals surface area contributed by atoms with Crippen molar-refractivity contribution in [1.82, 2.24) is 15.0 Å². The number of hydrogen-bond donors (Lipinski definition) is 0. The van der Waals surface area contributed by atoms with Crippen molar-refractivity contribution in [1.29, 1.82) is 0 Å². The standard InChI is InChI=1S/C14H10N6/c15-18-17-14-13(11-7-3-1-4-8-11)16-19-20(14)12-9-5-2-6-10-12/h1-10H. The summed E-state index contributed by atoms with van der Waals surface area (Å²) in [5.74, 6) is 0.380. The molecule has 0 aliphatic carbocycles. The van der Waals surface area contributed by atoms with Crippen molar-refractivity contribution >= 4 is 5.82 Å². The molecular formula is C14H10N6.